The first-order valence-corrected chi connectivity index (χ1v) is 8.93. The fraction of sp³-hybridized carbons (Fsp3) is 0.0500. The molecule has 3 aromatic carbocycles. The maximum absolute atomic E-state index is 13.0. The summed E-state index contributed by atoms with van der Waals surface area (Å²) < 4.78 is 18.4. The standard InChI is InChI=1S/C20H14FN3O2S/c1-26-17-11-14-5-3-2-4-13(14)10-16(17)18(25)22-20-24-23-19(27-20)12-6-8-15(21)9-7-12/h2-11H,1H3,(H,22,24,25). The molecule has 0 unspecified atom stereocenters. The van der Waals surface area contributed by atoms with Crippen LogP contribution in [0.5, 0.6) is 5.75 Å². The number of halogens is 1. The van der Waals surface area contributed by atoms with Crippen molar-refractivity contribution in [3.8, 4) is 16.3 Å². The second-order valence-corrected chi connectivity index (χ2v) is 6.75. The predicted octanol–water partition coefficient (Wildman–Crippen LogP) is 4.76. The van der Waals surface area contributed by atoms with Gasteiger partial charge in [-0.3, -0.25) is 10.1 Å². The van der Waals surface area contributed by atoms with Gasteiger partial charge >= 0.3 is 0 Å². The van der Waals surface area contributed by atoms with Crippen molar-refractivity contribution in [3.63, 3.8) is 0 Å². The molecular weight excluding hydrogens is 365 g/mol. The number of aromatic nitrogens is 2. The van der Waals surface area contributed by atoms with Crippen LogP contribution in [0.3, 0.4) is 0 Å². The maximum atomic E-state index is 13.0. The molecule has 7 heteroatoms. The number of anilines is 1. The lowest BCUT2D eigenvalue weighted by molar-refractivity contribution is 0.102. The first-order chi connectivity index (χ1) is 13.1. The van der Waals surface area contributed by atoms with Crippen molar-refractivity contribution in [3.05, 3.63) is 72.0 Å². The SMILES string of the molecule is COc1cc2ccccc2cc1C(=O)Nc1nnc(-c2ccc(F)cc2)s1. The highest BCUT2D eigenvalue weighted by Gasteiger charge is 2.16. The molecule has 1 aromatic heterocycles. The maximum Gasteiger partial charge on any atom is 0.261 e. The van der Waals surface area contributed by atoms with Crippen LogP contribution in [0.2, 0.25) is 0 Å². The van der Waals surface area contributed by atoms with E-state index >= 15 is 0 Å². The first-order valence-electron chi connectivity index (χ1n) is 8.11. The molecule has 0 atom stereocenters. The smallest absolute Gasteiger partial charge is 0.261 e. The van der Waals surface area contributed by atoms with Crippen molar-refractivity contribution >= 4 is 33.1 Å². The van der Waals surface area contributed by atoms with Crippen LogP contribution in [0.1, 0.15) is 10.4 Å². The zero-order chi connectivity index (χ0) is 18.8. The van der Waals surface area contributed by atoms with Crippen LogP contribution in [0, 0.1) is 5.82 Å². The van der Waals surface area contributed by atoms with Crippen LogP contribution in [0.4, 0.5) is 9.52 Å². The third-order valence-electron chi connectivity index (χ3n) is 4.05. The number of hydrogen-bond donors (Lipinski definition) is 1. The van der Waals surface area contributed by atoms with Gasteiger partial charge in [0.2, 0.25) is 5.13 Å². The molecule has 4 aromatic rings. The summed E-state index contributed by atoms with van der Waals surface area (Å²) in [6.45, 7) is 0. The highest BCUT2D eigenvalue weighted by molar-refractivity contribution is 7.18. The summed E-state index contributed by atoms with van der Waals surface area (Å²) in [5.74, 6) is -0.172. The molecule has 1 heterocycles. The van der Waals surface area contributed by atoms with E-state index in [0.717, 1.165) is 16.3 Å². The minimum absolute atomic E-state index is 0.319. The highest BCUT2D eigenvalue weighted by Crippen LogP contribution is 2.29. The molecule has 0 spiro atoms. The van der Waals surface area contributed by atoms with Crippen LogP contribution in [-0.2, 0) is 0 Å². The Kier molecular flexibility index (Phi) is 4.52. The van der Waals surface area contributed by atoms with Crippen molar-refractivity contribution in [2.75, 3.05) is 12.4 Å². The topological polar surface area (TPSA) is 64.1 Å². The monoisotopic (exact) mass is 379 g/mol. The number of nitrogens with one attached hydrogen (secondary N) is 1. The summed E-state index contributed by atoms with van der Waals surface area (Å²) in [5.41, 5.74) is 1.15. The number of ether oxygens (including phenoxy) is 1. The molecule has 0 aliphatic carbocycles. The van der Waals surface area contributed by atoms with Gasteiger partial charge in [-0.2, -0.15) is 0 Å². The lowest BCUT2D eigenvalue weighted by Gasteiger charge is -2.09. The van der Waals surface area contributed by atoms with Gasteiger partial charge in [0.25, 0.3) is 5.91 Å². The molecule has 0 aliphatic rings. The summed E-state index contributed by atoms with van der Waals surface area (Å²) in [7, 11) is 1.53. The van der Waals surface area contributed by atoms with E-state index in [1.54, 1.807) is 18.2 Å². The quantitative estimate of drug-likeness (QED) is 0.555. The zero-order valence-electron chi connectivity index (χ0n) is 14.3. The molecule has 4 rings (SSSR count). The van der Waals surface area contributed by atoms with Crippen molar-refractivity contribution in [1.29, 1.82) is 0 Å². The Labute approximate surface area is 158 Å². The summed E-state index contributed by atoms with van der Waals surface area (Å²) in [6, 6.07) is 17.3. The van der Waals surface area contributed by atoms with Crippen molar-refractivity contribution in [1.82, 2.24) is 10.2 Å². The molecule has 27 heavy (non-hydrogen) atoms. The molecule has 1 amide bonds. The summed E-state index contributed by atoms with van der Waals surface area (Å²) in [4.78, 5) is 12.7. The Morgan fingerprint density at radius 1 is 1.04 bits per heavy atom. The van der Waals surface area contributed by atoms with Crippen molar-refractivity contribution in [2.45, 2.75) is 0 Å². The third-order valence-corrected chi connectivity index (χ3v) is 4.94. The molecule has 1 N–H and O–H groups in total. The molecule has 134 valence electrons. The fourth-order valence-corrected chi connectivity index (χ4v) is 3.46. The number of benzene rings is 3. The van der Waals surface area contributed by atoms with Crippen LogP contribution in [-0.4, -0.2) is 23.2 Å². The Morgan fingerprint density at radius 3 is 2.44 bits per heavy atom. The largest absolute Gasteiger partial charge is 0.496 e. The Hall–Kier alpha value is -3.32. The normalized spacial score (nSPS) is 10.7. The van der Waals surface area contributed by atoms with Gasteiger partial charge in [0.15, 0.2) is 0 Å². The van der Waals surface area contributed by atoms with Gasteiger partial charge < -0.3 is 4.74 Å². The lowest BCUT2D eigenvalue weighted by Crippen LogP contribution is -2.13. The minimum atomic E-state index is -0.334. The van der Waals surface area contributed by atoms with E-state index in [-0.39, 0.29) is 11.7 Å². The highest BCUT2D eigenvalue weighted by atomic mass is 32.1. The summed E-state index contributed by atoms with van der Waals surface area (Å²) >= 11 is 1.21. The average molecular weight is 379 g/mol. The van der Waals surface area contributed by atoms with E-state index in [1.165, 1.54) is 30.6 Å². The lowest BCUT2D eigenvalue weighted by atomic mass is 10.1. The van der Waals surface area contributed by atoms with Crippen molar-refractivity contribution < 1.29 is 13.9 Å². The fourth-order valence-electron chi connectivity index (χ4n) is 2.71. The van der Waals surface area contributed by atoms with Crippen LogP contribution in [0.25, 0.3) is 21.3 Å². The number of rotatable bonds is 4. The minimum Gasteiger partial charge on any atom is -0.496 e. The van der Waals surface area contributed by atoms with Crippen LogP contribution < -0.4 is 10.1 Å². The number of carbonyl (C=O) groups excluding carboxylic acids is 1. The molecule has 0 saturated heterocycles. The molecule has 5 nitrogen and oxygen atoms in total. The number of methoxy groups -OCH3 is 1. The van der Waals surface area contributed by atoms with Gasteiger partial charge in [0.05, 0.1) is 12.7 Å². The Morgan fingerprint density at radius 2 is 1.74 bits per heavy atom. The molecule has 0 radical (unpaired) electrons. The third kappa shape index (κ3) is 3.50. The van der Waals surface area contributed by atoms with E-state index < -0.39 is 0 Å². The second-order valence-electron chi connectivity index (χ2n) is 5.77. The predicted molar refractivity (Wildman–Crippen MR) is 104 cm³/mol. The zero-order valence-corrected chi connectivity index (χ0v) is 15.1. The van der Waals surface area contributed by atoms with E-state index in [9.17, 15) is 9.18 Å². The average Bonchev–Trinajstić information content (AvgIpc) is 3.15. The van der Waals surface area contributed by atoms with Crippen LogP contribution >= 0.6 is 11.3 Å². The van der Waals surface area contributed by atoms with E-state index in [4.69, 9.17) is 4.74 Å². The van der Waals surface area contributed by atoms with Crippen LogP contribution in [0.15, 0.2) is 60.7 Å². The molecular formula is C20H14FN3O2S. The van der Waals surface area contributed by atoms with Gasteiger partial charge in [-0.25, -0.2) is 4.39 Å². The second kappa shape index (κ2) is 7.13. The number of carbonyl (C=O) groups is 1. The first kappa shape index (κ1) is 17.1. The van der Waals surface area contributed by atoms with E-state index in [1.807, 2.05) is 30.3 Å². The number of amides is 1. The molecule has 0 fully saturated rings. The number of fused-ring (bicyclic) bond motifs is 1. The van der Waals surface area contributed by atoms with Crippen molar-refractivity contribution in [2.24, 2.45) is 0 Å². The van der Waals surface area contributed by atoms with E-state index in [2.05, 4.69) is 15.5 Å². The van der Waals surface area contributed by atoms with Gasteiger partial charge in [0.1, 0.15) is 16.6 Å². The number of nitrogens with zero attached hydrogens (tertiary/aromatic N) is 2. The summed E-state index contributed by atoms with van der Waals surface area (Å²) in [5, 5.41) is 13.7. The number of hydrogen-bond acceptors (Lipinski definition) is 5. The Balaban J connectivity index is 1.61. The Bertz CT molecular complexity index is 1130. The molecule has 0 aliphatic heterocycles. The van der Waals surface area contributed by atoms with Gasteiger partial charge in [0, 0.05) is 5.56 Å². The summed E-state index contributed by atoms with van der Waals surface area (Å²) in [6.07, 6.45) is 0. The van der Waals surface area contributed by atoms with Gasteiger partial charge in [-0.05, 0) is 47.2 Å². The van der Waals surface area contributed by atoms with Gasteiger partial charge in [-0.1, -0.05) is 35.6 Å². The van der Waals surface area contributed by atoms with E-state index in [0.29, 0.717) is 21.5 Å². The molecule has 0 bridgehead atoms. The van der Waals surface area contributed by atoms with Gasteiger partial charge in [-0.15, -0.1) is 10.2 Å². The molecule has 0 saturated carbocycles.